The molecule has 0 aliphatic heterocycles. The molecule has 0 aliphatic carbocycles. The highest BCUT2D eigenvalue weighted by atomic mass is 32.1. The van der Waals surface area contributed by atoms with Gasteiger partial charge in [0.15, 0.2) is 0 Å². The van der Waals surface area contributed by atoms with E-state index in [0.717, 1.165) is 4.88 Å². The van der Waals surface area contributed by atoms with Gasteiger partial charge in [0.25, 0.3) is 5.78 Å². The van der Waals surface area contributed by atoms with Crippen molar-refractivity contribution in [3.05, 3.63) is 41.7 Å². The van der Waals surface area contributed by atoms with Crippen LogP contribution in [0.5, 0.6) is 0 Å². The molecule has 0 fully saturated rings. The first-order valence-electron chi connectivity index (χ1n) is 4.88. The van der Waals surface area contributed by atoms with Crippen LogP contribution in [0.4, 0.5) is 0 Å². The van der Waals surface area contributed by atoms with Gasteiger partial charge in [0.2, 0.25) is 0 Å². The van der Waals surface area contributed by atoms with E-state index in [4.69, 9.17) is 9.52 Å². The molecule has 2 N–H and O–H groups in total. The quantitative estimate of drug-likeness (QED) is 0.503. The summed E-state index contributed by atoms with van der Waals surface area (Å²) in [6, 6.07) is 3.66. The van der Waals surface area contributed by atoms with Crippen LogP contribution in [0.1, 0.15) is 5.56 Å². The molecule has 2 heterocycles. The first-order valence-corrected chi connectivity index (χ1v) is 5.76. The van der Waals surface area contributed by atoms with Crippen molar-refractivity contribution in [1.29, 1.82) is 0 Å². The molecule has 0 atom stereocenters. The SMILES string of the molecule is O=C(O)C(=O)C=C(O)c1cocc1-c1cccs1. The lowest BCUT2D eigenvalue weighted by Crippen LogP contribution is -2.09. The second kappa shape index (κ2) is 4.89. The van der Waals surface area contributed by atoms with E-state index in [2.05, 4.69) is 0 Å². The Hall–Kier alpha value is -2.34. The van der Waals surface area contributed by atoms with Gasteiger partial charge in [-0.25, -0.2) is 4.79 Å². The second-order valence-electron chi connectivity index (χ2n) is 3.38. The number of hydrogen-bond donors (Lipinski definition) is 2. The van der Waals surface area contributed by atoms with Crippen LogP contribution in [0.15, 0.2) is 40.5 Å². The van der Waals surface area contributed by atoms with Crippen molar-refractivity contribution in [1.82, 2.24) is 0 Å². The number of carboxylic acids is 1. The average molecular weight is 264 g/mol. The maximum absolute atomic E-state index is 11.0. The molecule has 0 amide bonds. The van der Waals surface area contributed by atoms with Crippen LogP contribution in [0, 0.1) is 0 Å². The number of rotatable bonds is 4. The maximum Gasteiger partial charge on any atom is 0.376 e. The summed E-state index contributed by atoms with van der Waals surface area (Å²) in [5.41, 5.74) is 0.893. The molecule has 0 aromatic carbocycles. The monoisotopic (exact) mass is 264 g/mol. The number of carboxylic acid groups (broad SMARTS) is 1. The minimum absolute atomic E-state index is 0.284. The van der Waals surface area contributed by atoms with Gasteiger partial charge in [0.05, 0.1) is 11.8 Å². The Bertz CT molecular complexity index is 606. The van der Waals surface area contributed by atoms with Gasteiger partial charge in [-0.05, 0) is 11.4 Å². The molecular formula is C12H8O5S. The van der Waals surface area contributed by atoms with Crippen molar-refractivity contribution >= 4 is 28.8 Å². The first kappa shape index (κ1) is 12.1. The third-order valence-corrected chi connectivity index (χ3v) is 3.11. The normalized spacial score (nSPS) is 11.4. The molecule has 6 heteroatoms. The summed E-state index contributed by atoms with van der Waals surface area (Å²) in [5.74, 6) is -3.24. The van der Waals surface area contributed by atoms with Crippen molar-refractivity contribution in [3.8, 4) is 10.4 Å². The van der Waals surface area contributed by atoms with Crippen LogP contribution >= 0.6 is 11.3 Å². The molecule has 2 aromatic rings. The number of aliphatic carboxylic acids is 1. The van der Waals surface area contributed by atoms with E-state index in [1.165, 1.54) is 23.9 Å². The molecule has 0 spiro atoms. The highest BCUT2D eigenvalue weighted by Gasteiger charge is 2.16. The molecule has 2 rings (SSSR count). The Kier molecular flexibility index (Phi) is 3.29. The standard InChI is InChI=1S/C12H8O5S/c13-9(4-10(14)12(15)16)7-5-17-6-8(7)11-2-1-3-18-11/h1-6,13H,(H,15,16). The van der Waals surface area contributed by atoms with E-state index in [1.807, 2.05) is 17.5 Å². The summed E-state index contributed by atoms with van der Waals surface area (Å²) in [5, 5.41) is 20.0. The lowest BCUT2D eigenvalue weighted by molar-refractivity contribution is -0.146. The summed E-state index contributed by atoms with van der Waals surface area (Å²) in [4.78, 5) is 22.2. The molecule has 18 heavy (non-hydrogen) atoms. The summed E-state index contributed by atoms with van der Waals surface area (Å²) >= 11 is 1.44. The van der Waals surface area contributed by atoms with E-state index in [1.54, 1.807) is 0 Å². The molecular weight excluding hydrogens is 256 g/mol. The fourth-order valence-electron chi connectivity index (χ4n) is 1.38. The van der Waals surface area contributed by atoms with Gasteiger partial charge in [-0.3, -0.25) is 4.79 Å². The third kappa shape index (κ3) is 2.33. The zero-order chi connectivity index (χ0) is 13.1. The van der Waals surface area contributed by atoms with E-state index < -0.39 is 17.5 Å². The fourth-order valence-corrected chi connectivity index (χ4v) is 2.13. The van der Waals surface area contributed by atoms with Crippen molar-refractivity contribution in [2.45, 2.75) is 0 Å². The fraction of sp³-hybridized carbons (Fsp3) is 0. The molecule has 5 nitrogen and oxygen atoms in total. The highest BCUT2D eigenvalue weighted by Crippen LogP contribution is 2.32. The summed E-state index contributed by atoms with van der Waals surface area (Å²) < 4.78 is 4.98. The topological polar surface area (TPSA) is 87.7 Å². The number of ketones is 1. The maximum atomic E-state index is 11.0. The third-order valence-electron chi connectivity index (χ3n) is 2.20. The van der Waals surface area contributed by atoms with Gasteiger partial charge in [-0.1, -0.05) is 6.07 Å². The zero-order valence-electron chi connectivity index (χ0n) is 8.99. The predicted molar refractivity (Wildman–Crippen MR) is 65.3 cm³/mol. The Labute approximate surface area is 106 Å². The van der Waals surface area contributed by atoms with Crippen molar-refractivity contribution in [3.63, 3.8) is 0 Å². The number of hydrogen-bond acceptors (Lipinski definition) is 5. The van der Waals surface area contributed by atoms with Gasteiger partial charge in [-0.2, -0.15) is 0 Å². The Balaban J connectivity index is 2.38. The number of carbonyl (C=O) groups is 2. The van der Waals surface area contributed by atoms with Gasteiger partial charge >= 0.3 is 5.97 Å². The number of furan rings is 1. The molecule has 2 aromatic heterocycles. The van der Waals surface area contributed by atoms with E-state index in [0.29, 0.717) is 11.6 Å². The Morgan fingerprint density at radius 3 is 2.67 bits per heavy atom. The van der Waals surface area contributed by atoms with Gasteiger partial charge in [-0.15, -0.1) is 11.3 Å². The minimum atomic E-state index is -1.62. The number of aliphatic hydroxyl groups is 1. The number of thiophene rings is 1. The van der Waals surface area contributed by atoms with Crippen LogP contribution in [0.3, 0.4) is 0 Å². The molecule has 92 valence electrons. The lowest BCUT2D eigenvalue weighted by atomic mass is 10.1. The summed E-state index contributed by atoms with van der Waals surface area (Å²) in [6.45, 7) is 0. The van der Waals surface area contributed by atoms with Crippen LogP contribution < -0.4 is 0 Å². The van der Waals surface area contributed by atoms with Crippen molar-refractivity contribution in [2.75, 3.05) is 0 Å². The van der Waals surface area contributed by atoms with Crippen LogP contribution in [-0.4, -0.2) is 22.0 Å². The van der Waals surface area contributed by atoms with Crippen LogP contribution in [0.2, 0.25) is 0 Å². The average Bonchev–Trinajstić information content (AvgIpc) is 2.99. The molecule has 0 saturated heterocycles. The smallest absolute Gasteiger partial charge is 0.376 e. The highest BCUT2D eigenvalue weighted by molar-refractivity contribution is 7.13. The van der Waals surface area contributed by atoms with E-state index in [9.17, 15) is 14.7 Å². The predicted octanol–water partition coefficient (Wildman–Crippen LogP) is 2.56. The number of aliphatic hydroxyl groups excluding tert-OH is 1. The van der Waals surface area contributed by atoms with Gasteiger partial charge < -0.3 is 14.6 Å². The minimum Gasteiger partial charge on any atom is -0.507 e. The number of carbonyl (C=O) groups excluding carboxylic acids is 1. The van der Waals surface area contributed by atoms with Gasteiger partial charge in [0, 0.05) is 16.5 Å². The van der Waals surface area contributed by atoms with Crippen LogP contribution in [-0.2, 0) is 9.59 Å². The molecule has 0 aliphatic rings. The lowest BCUT2D eigenvalue weighted by Gasteiger charge is -1.98. The van der Waals surface area contributed by atoms with Crippen molar-refractivity contribution in [2.24, 2.45) is 0 Å². The van der Waals surface area contributed by atoms with E-state index in [-0.39, 0.29) is 5.56 Å². The Morgan fingerprint density at radius 1 is 1.28 bits per heavy atom. The zero-order valence-corrected chi connectivity index (χ0v) is 9.81. The summed E-state index contributed by atoms with van der Waals surface area (Å²) in [6.07, 6.45) is 3.34. The molecule has 0 bridgehead atoms. The van der Waals surface area contributed by atoms with Crippen molar-refractivity contribution < 1.29 is 24.2 Å². The molecule has 0 radical (unpaired) electrons. The summed E-state index contributed by atoms with van der Waals surface area (Å²) in [7, 11) is 0. The molecule has 0 unspecified atom stereocenters. The molecule has 0 saturated carbocycles. The largest absolute Gasteiger partial charge is 0.507 e. The van der Waals surface area contributed by atoms with E-state index >= 15 is 0 Å². The Morgan fingerprint density at radius 2 is 2.06 bits per heavy atom. The van der Waals surface area contributed by atoms with Gasteiger partial charge in [0.1, 0.15) is 12.0 Å². The first-order chi connectivity index (χ1) is 8.59. The van der Waals surface area contributed by atoms with Crippen LogP contribution in [0.25, 0.3) is 16.2 Å². The second-order valence-corrected chi connectivity index (χ2v) is 4.32.